The van der Waals surface area contributed by atoms with Gasteiger partial charge in [-0.05, 0) is 30.3 Å². The fourth-order valence-corrected chi connectivity index (χ4v) is 1.68. The number of nitrogens with zero attached hydrogens (tertiary/aromatic N) is 1. The lowest BCUT2D eigenvalue weighted by molar-refractivity contribution is 0.0952. The van der Waals surface area contributed by atoms with E-state index in [0.29, 0.717) is 11.3 Å². The average molecular weight is 304 g/mol. The number of carbonyl (C=O) groups is 1. The number of hydrogen-bond acceptors (Lipinski definition) is 5. The third-order valence-corrected chi connectivity index (χ3v) is 2.81. The summed E-state index contributed by atoms with van der Waals surface area (Å²) in [5, 5.41) is 22.8. The first-order chi connectivity index (χ1) is 10.5. The molecule has 2 aromatic rings. The molecule has 0 fully saturated rings. The van der Waals surface area contributed by atoms with Crippen molar-refractivity contribution < 1.29 is 24.1 Å². The zero-order valence-electron chi connectivity index (χ0n) is 11.6. The first kappa shape index (κ1) is 15.3. The van der Waals surface area contributed by atoms with Gasteiger partial charge < -0.3 is 14.9 Å². The van der Waals surface area contributed by atoms with Crippen LogP contribution in [0, 0.1) is 5.82 Å². The van der Waals surface area contributed by atoms with E-state index in [1.54, 1.807) is 6.07 Å². The van der Waals surface area contributed by atoms with Crippen LogP contribution in [-0.2, 0) is 0 Å². The number of halogens is 1. The summed E-state index contributed by atoms with van der Waals surface area (Å²) in [5.74, 6) is -1.38. The topological polar surface area (TPSA) is 91.2 Å². The van der Waals surface area contributed by atoms with Crippen molar-refractivity contribution in [2.75, 3.05) is 7.11 Å². The van der Waals surface area contributed by atoms with Crippen molar-refractivity contribution in [1.82, 2.24) is 5.43 Å². The van der Waals surface area contributed by atoms with Gasteiger partial charge in [-0.3, -0.25) is 4.79 Å². The summed E-state index contributed by atoms with van der Waals surface area (Å²) < 4.78 is 17.8. The van der Waals surface area contributed by atoms with E-state index in [-0.39, 0.29) is 11.3 Å². The number of carbonyl (C=O) groups excluding carboxylic acids is 1. The Bertz CT molecular complexity index is 731. The number of benzene rings is 2. The van der Waals surface area contributed by atoms with Gasteiger partial charge in [0.05, 0.1) is 18.9 Å². The van der Waals surface area contributed by atoms with Crippen LogP contribution < -0.4 is 10.2 Å². The van der Waals surface area contributed by atoms with Crippen LogP contribution in [0.1, 0.15) is 15.9 Å². The molecule has 0 aliphatic heterocycles. The van der Waals surface area contributed by atoms with Crippen molar-refractivity contribution in [2.24, 2.45) is 5.10 Å². The number of methoxy groups -OCH3 is 1. The second-order valence-corrected chi connectivity index (χ2v) is 4.29. The largest absolute Gasteiger partial charge is 0.507 e. The third-order valence-electron chi connectivity index (χ3n) is 2.81. The predicted molar refractivity (Wildman–Crippen MR) is 77.8 cm³/mol. The number of aromatic hydroxyl groups is 2. The van der Waals surface area contributed by atoms with Crippen molar-refractivity contribution in [3.63, 3.8) is 0 Å². The summed E-state index contributed by atoms with van der Waals surface area (Å²) >= 11 is 0. The zero-order chi connectivity index (χ0) is 16.1. The Morgan fingerprint density at radius 2 is 2.00 bits per heavy atom. The van der Waals surface area contributed by atoms with Crippen LogP contribution in [0.15, 0.2) is 41.5 Å². The second-order valence-electron chi connectivity index (χ2n) is 4.29. The number of phenols is 2. The fraction of sp³-hybridized carbons (Fsp3) is 0.0667. The molecule has 3 N–H and O–H groups in total. The molecular formula is C15H13FN2O4. The van der Waals surface area contributed by atoms with Crippen molar-refractivity contribution in [3.05, 3.63) is 53.3 Å². The maximum atomic E-state index is 12.8. The SMILES string of the molecule is COc1ccc(O)c(/C=N\NC(=O)c2ccc(F)cc2O)c1. The van der Waals surface area contributed by atoms with Gasteiger partial charge in [0.15, 0.2) is 0 Å². The maximum Gasteiger partial charge on any atom is 0.275 e. The van der Waals surface area contributed by atoms with E-state index in [9.17, 15) is 19.4 Å². The van der Waals surface area contributed by atoms with Crippen molar-refractivity contribution in [3.8, 4) is 17.2 Å². The fourth-order valence-electron chi connectivity index (χ4n) is 1.68. The molecule has 0 aliphatic carbocycles. The van der Waals surface area contributed by atoms with E-state index in [1.165, 1.54) is 25.5 Å². The molecule has 2 aromatic carbocycles. The van der Waals surface area contributed by atoms with Gasteiger partial charge >= 0.3 is 0 Å². The average Bonchev–Trinajstić information content (AvgIpc) is 2.49. The van der Waals surface area contributed by atoms with Crippen LogP contribution in [0.2, 0.25) is 0 Å². The molecule has 0 heterocycles. The smallest absolute Gasteiger partial charge is 0.275 e. The van der Waals surface area contributed by atoms with E-state index in [2.05, 4.69) is 10.5 Å². The zero-order valence-corrected chi connectivity index (χ0v) is 11.6. The molecule has 0 spiro atoms. The van der Waals surface area contributed by atoms with Crippen molar-refractivity contribution in [1.29, 1.82) is 0 Å². The highest BCUT2D eigenvalue weighted by Crippen LogP contribution is 2.21. The van der Waals surface area contributed by atoms with Crippen LogP contribution in [0.4, 0.5) is 4.39 Å². The van der Waals surface area contributed by atoms with Gasteiger partial charge in [0.2, 0.25) is 0 Å². The number of nitrogens with one attached hydrogen (secondary N) is 1. The highest BCUT2D eigenvalue weighted by molar-refractivity contribution is 5.97. The molecule has 7 heteroatoms. The molecule has 0 aliphatic rings. The first-order valence-electron chi connectivity index (χ1n) is 6.20. The Hall–Kier alpha value is -3.09. The normalized spacial score (nSPS) is 10.6. The molecule has 0 radical (unpaired) electrons. The summed E-state index contributed by atoms with van der Waals surface area (Å²) in [6.07, 6.45) is 1.22. The second kappa shape index (κ2) is 6.57. The van der Waals surface area contributed by atoms with Crippen molar-refractivity contribution in [2.45, 2.75) is 0 Å². The molecule has 6 nitrogen and oxygen atoms in total. The Morgan fingerprint density at radius 1 is 1.23 bits per heavy atom. The summed E-state index contributed by atoms with van der Waals surface area (Å²) in [4.78, 5) is 11.8. The van der Waals surface area contributed by atoms with Gasteiger partial charge in [0.25, 0.3) is 5.91 Å². The summed E-state index contributed by atoms with van der Waals surface area (Å²) in [5.41, 5.74) is 2.39. The standard InChI is InChI=1S/C15H13FN2O4/c1-22-11-3-5-13(19)9(6-11)8-17-18-15(21)12-4-2-10(16)7-14(12)20/h2-8,19-20H,1H3,(H,18,21)/b17-8-. The predicted octanol–water partition coefficient (Wildman–Crippen LogP) is 2.01. The molecule has 114 valence electrons. The van der Waals surface area contributed by atoms with Gasteiger partial charge in [0.1, 0.15) is 23.1 Å². The van der Waals surface area contributed by atoms with Crippen LogP contribution in [0.3, 0.4) is 0 Å². The minimum atomic E-state index is -0.712. The molecule has 1 amide bonds. The number of hydrazone groups is 1. The van der Waals surface area contributed by atoms with E-state index in [1.807, 2.05) is 0 Å². The van der Waals surface area contributed by atoms with Gasteiger partial charge in [-0.2, -0.15) is 5.10 Å². The Kier molecular flexibility index (Phi) is 4.57. The van der Waals surface area contributed by atoms with E-state index >= 15 is 0 Å². The Morgan fingerprint density at radius 3 is 2.68 bits per heavy atom. The molecule has 0 saturated heterocycles. The molecule has 0 unspecified atom stereocenters. The van der Waals surface area contributed by atoms with Crippen molar-refractivity contribution >= 4 is 12.1 Å². The highest BCUT2D eigenvalue weighted by Gasteiger charge is 2.11. The summed E-state index contributed by atoms with van der Waals surface area (Å²) in [6.45, 7) is 0. The van der Waals surface area contributed by atoms with Gasteiger partial charge in [-0.1, -0.05) is 0 Å². The molecule has 2 rings (SSSR count). The van der Waals surface area contributed by atoms with E-state index in [4.69, 9.17) is 4.74 Å². The van der Waals surface area contributed by atoms with Gasteiger partial charge in [-0.15, -0.1) is 0 Å². The van der Waals surface area contributed by atoms with Crippen LogP contribution in [0.25, 0.3) is 0 Å². The minimum Gasteiger partial charge on any atom is -0.507 e. The number of hydrogen-bond donors (Lipinski definition) is 3. The quantitative estimate of drug-likeness (QED) is 0.595. The van der Waals surface area contributed by atoms with E-state index in [0.717, 1.165) is 18.2 Å². The molecule has 0 aromatic heterocycles. The van der Waals surface area contributed by atoms with Crippen LogP contribution in [0.5, 0.6) is 17.2 Å². The summed E-state index contributed by atoms with van der Waals surface area (Å²) in [6, 6.07) is 7.53. The lowest BCUT2D eigenvalue weighted by Gasteiger charge is -2.04. The van der Waals surface area contributed by atoms with E-state index < -0.39 is 17.5 Å². The Labute approximate surface area is 125 Å². The van der Waals surface area contributed by atoms with Gasteiger partial charge in [0, 0.05) is 11.6 Å². The molecule has 0 saturated carbocycles. The highest BCUT2D eigenvalue weighted by atomic mass is 19.1. The third kappa shape index (κ3) is 3.51. The number of ether oxygens (including phenoxy) is 1. The monoisotopic (exact) mass is 304 g/mol. The first-order valence-corrected chi connectivity index (χ1v) is 6.20. The van der Waals surface area contributed by atoms with Crippen LogP contribution >= 0.6 is 0 Å². The lowest BCUT2D eigenvalue weighted by atomic mass is 10.2. The number of rotatable bonds is 4. The molecule has 22 heavy (non-hydrogen) atoms. The molecular weight excluding hydrogens is 291 g/mol. The minimum absolute atomic E-state index is 0.0385. The number of phenolic OH excluding ortho intramolecular Hbond substituents is 2. The Balaban J connectivity index is 2.10. The van der Waals surface area contributed by atoms with Crippen LogP contribution in [-0.4, -0.2) is 29.4 Å². The maximum absolute atomic E-state index is 12.8. The lowest BCUT2D eigenvalue weighted by Crippen LogP contribution is -2.17. The molecule has 0 atom stereocenters. The molecule has 0 bridgehead atoms. The number of amides is 1. The van der Waals surface area contributed by atoms with Gasteiger partial charge in [-0.25, -0.2) is 9.82 Å². The summed E-state index contributed by atoms with van der Waals surface area (Å²) in [7, 11) is 1.48.